The molecule has 4 nitrogen and oxygen atoms in total. The lowest BCUT2D eigenvalue weighted by Gasteiger charge is -2.23. The molecule has 0 bridgehead atoms. The van der Waals surface area contributed by atoms with Gasteiger partial charge < -0.3 is 9.88 Å². The second kappa shape index (κ2) is 4.04. The van der Waals surface area contributed by atoms with Crippen molar-refractivity contribution in [3.05, 3.63) is 12.7 Å². The van der Waals surface area contributed by atoms with E-state index < -0.39 is 5.67 Å². The van der Waals surface area contributed by atoms with Gasteiger partial charge in [-0.3, -0.25) is 0 Å². The summed E-state index contributed by atoms with van der Waals surface area (Å²) in [5, 5.41) is 10.5. The minimum atomic E-state index is -1.09. The summed E-state index contributed by atoms with van der Waals surface area (Å²) in [6.45, 7) is 2.06. The van der Waals surface area contributed by atoms with Crippen molar-refractivity contribution in [3.8, 4) is 0 Å². The molecule has 0 aliphatic carbocycles. The monoisotopic (exact) mass is 198 g/mol. The number of halogens is 1. The van der Waals surface area contributed by atoms with Gasteiger partial charge in [0.05, 0.1) is 6.54 Å². The second-order valence-corrected chi connectivity index (χ2v) is 3.89. The van der Waals surface area contributed by atoms with Crippen LogP contribution in [-0.2, 0) is 6.54 Å². The molecule has 2 heterocycles. The van der Waals surface area contributed by atoms with Crippen LogP contribution < -0.4 is 5.32 Å². The van der Waals surface area contributed by atoms with Gasteiger partial charge in [0, 0.05) is 0 Å². The normalized spacial score (nSPS) is 28.6. The van der Waals surface area contributed by atoms with Crippen LogP contribution in [0.2, 0.25) is 0 Å². The Labute approximate surface area is 82.5 Å². The van der Waals surface area contributed by atoms with Crippen molar-refractivity contribution in [3.63, 3.8) is 0 Å². The topological polar surface area (TPSA) is 42.7 Å². The lowest BCUT2D eigenvalue weighted by Crippen LogP contribution is -2.30. The molecule has 1 aromatic rings. The molecule has 1 atom stereocenters. The van der Waals surface area contributed by atoms with Gasteiger partial charge in [-0.2, -0.15) is 0 Å². The van der Waals surface area contributed by atoms with Crippen LogP contribution >= 0.6 is 0 Å². The Morgan fingerprint density at radius 1 is 1.29 bits per heavy atom. The third kappa shape index (κ3) is 2.29. The molecule has 0 spiro atoms. The van der Waals surface area contributed by atoms with E-state index in [1.807, 2.05) is 0 Å². The Morgan fingerprint density at radius 3 is 2.86 bits per heavy atom. The van der Waals surface area contributed by atoms with E-state index in [4.69, 9.17) is 0 Å². The van der Waals surface area contributed by atoms with E-state index in [2.05, 4.69) is 15.5 Å². The van der Waals surface area contributed by atoms with Gasteiger partial charge in [-0.25, -0.2) is 4.39 Å². The number of nitrogens with zero attached hydrogens (tertiary/aromatic N) is 3. The van der Waals surface area contributed by atoms with Gasteiger partial charge in [0.15, 0.2) is 0 Å². The molecule has 1 saturated heterocycles. The SMILES string of the molecule is FC1(Cn2cnnc2)CCCNCC1. The highest BCUT2D eigenvalue weighted by Crippen LogP contribution is 2.26. The molecule has 1 aromatic heterocycles. The standard InChI is InChI=1S/C9H15FN4/c10-9(2-1-4-11-5-3-9)6-14-7-12-13-8-14/h7-8,11H,1-6H2. The third-order valence-electron chi connectivity index (χ3n) is 2.66. The maximum absolute atomic E-state index is 14.3. The summed E-state index contributed by atoms with van der Waals surface area (Å²) in [5.74, 6) is 0. The smallest absolute Gasteiger partial charge is 0.130 e. The molecular weight excluding hydrogens is 183 g/mol. The van der Waals surface area contributed by atoms with Gasteiger partial charge in [0.1, 0.15) is 18.3 Å². The summed E-state index contributed by atoms with van der Waals surface area (Å²) in [6, 6.07) is 0. The predicted octanol–water partition coefficient (Wildman–Crippen LogP) is 0.760. The van der Waals surface area contributed by atoms with E-state index in [0.717, 1.165) is 19.5 Å². The number of rotatable bonds is 2. The van der Waals surface area contributed by atoms with Crippen molar-refractivity contribution >= 4 is 0 Å². The Morgan fingerprint density at radius 2 is 2.07 bits per heavy atom. The lowest BCUT2D eigenvalue weighted by molar-refractivity contribution is 0.119. The van der Waals surface area contributed by atoms with Crippen molar-refractivity contribution in [1.29, 1.82) is 0 Å². The zero-order valence-corrected chi connectivity index (χ0v) is 8.12. The van der Waals surface area contributed by atoms with E-state index in [0.29, 0.717) is 19.4 Å². The van der Waals surface area contributed by atoms with Crippen LogP contribution in [0.3, 0.4) is 0 Å². The molecule has 0 radical (unpaired) electrons. The highest BCUT2D eigenvalue weighted by atomic mass is 19.1. The fourth-order valence-corrected chi connectivity index (χ4v) is 1.88. The maximum atomic E-state index is 14.3. The molecule has 78 valence electrons. The van der Waals surface area contributed by atoms with Crippen LogP contribution in [0.5, 0.6) is 0 Å². The summed E-state index contributed by atoms with van der Waals surface area (Å²) in [5.41, 5.74) is -1.09. The van der Waals surface area contributed by atoms with Crippen LogP contribution in [0.25, 0.3) is 0 Å². The van der Waals surface area contributed by atoms with Crippen LogP contribution in [0, 0.1) is 0 Å². The van der Waals surface area contributed by atoms with E-state index in [1.165, 1.54) is 0 Å². The first-order chi connectivity index (χ1) is 6.79. The highest BCUT2D eigenvalue weighted by molar-refractivity contribution is 4.84. The number of alkyl halides is 1. The number of aromatic nitrogens is 3. The lowest BCUT2D eigenvalue weighted by atomic mass is 9.97. The summed E-state index contributed by atoms with van der Waals surface area (Å²) in [7, 11) is 0. The van der Waals surface area contributed by atoms with Crippen molar-refractivity contribution in [1.82, 2.24) is 20.1 Å². The summed E-state index contributed by atoms with van der Waals surface area (Å²) in [6.07, 6.45) is 5.24. The summed E-state index contributed by atoms with van der Waals surface area (Å²) < 4.78 is 16.0. The van der Waals surface area contributed by atoms with Crippen molar-refractivity contribution in [2.75, 3.05) is 13.1 Å². The predicted molar refractivity (Wildman–Crippen MR) is 50.6 cm³/mol. The Bertz CT molecular complexity index is 264. The minimum Gasteiger partial charge on any atom is -0.317 e. The minimum absolute atomic E-state index is 0.377. The molecule has 0 amide bonds. The zero-order valence-electron chi connectivity index (χ0n) is 8.12. The molecule has 1 unspecified atom stereocenters. The van der Waals surface area contributed by atoms with Crippen molar-refractivity contribution in [2.45, 2.75) is 31.5 Å². The van der Waals surface area contributed by atoms with E-state index in [9.17, 15) is 4.39 Å². The molecule has 1 aliphatic heterocycles. The zero-order chi connectivity index (χ0) is 9.86. The van der Waals surface area contributed by atoms with Crippen molar-refractivity contribution < 1.29 is 4.39 Å². The average Bonchev–Trinajstić information content (AvgIpc) is 2.55. The maximum Gasteiger partial charge on any atom is 0.130 e. The molecule has 1 N–H and O–H groups in total. The number of hydrogen-bond acceptors (Lipinski definition) is 3. The van der Waals surface area contributed by atoms with Gasteiger partial charge in [-0.1, -0.05) is 0 Å². The van der Waals surface area contributed by atoms with Crippen molar-refractivity contribution in [2.24, 2.45) is 0 Å². The van der Waals surface area contributed by atoms with E-state index >= 15 is 0 Å². The van der Waals surface area contributed by atoms with Crippen LogP contribution in [0.4, 0.5) is 4.39 Å². The van der Waals surface area contributed by atoms with Crippen LogP contribution in [-0.4, -0.2) is 33.5 Å². The Balaban J connectivity index is 1.99. The first-order valence-electron chi connectivity index (χ1n) is 5.01. The Kier molecular flexibility index (Phi) is 2.77. The molecule has 1 aliphatic rings. The molecule has 0 aromatic carbocycles. The van der Waals surface area contributed by atoms with Gasteiger partial charge in [-0.05, 0) is 32.4 Å². The summed E-state index contributed by atoms with van der Waals surface area (Å²) >= 11 is 0. The fraction of sp³-hybridized carbons (Fsp3) is 0.778. The molecule has 2 rings (SSSR count). The molecule has 1 fully saturated rings. The van der Waals surface area contributed by atoms with Gasteiger partial charge in [0.25, 0.3) is 0 Å². The number of nitrogens with one attached hydrogen (secondary N) is 1. The largest absolute Gasteiger partial charge is 0.317 e. The van der Waals surface area contributed by atoms with Gasteiger partial charge in [-0.15, -0.1) is 10.2 Å². The molecule has 14 heavy (non-hydrogen) atoms. The quantitative estimate of drug-likeness (QED) is 0.763. The van der Waals surface area contributed by atoms with Gasteiger partial charge >= 0.3 is 0 Å². The second-order valence-electron chi connectivity index (χ2n) is 3.89. The third-order valence-corrected chi connectivity index (χ3v) is 2.66. The van der Waals surface area contributed by atoms with Gasteiger partial charge in [0.2, 0.25) is 0 Å². The van der Waals surface area contributed by atoms with Crippen LogP contribution in [0.15, 0.2) is 12.7 Å². The first kappa shape index (κ1) is 9.58. The average molecular weight is 198 g/mol. The molecular formula is C9H15FN4. The molecule has 0 saturated carbocycles. The fourth-order valence-electron chi connectivity index (χ4n) is 1.88. The number of hydrogen-bond donors (Lipinski definition) is 1. The van der Waals surface area contributed by atoms with E-state index in [-0.39, 0.29) is 0 Å². The van der Waals surface area contributed by atoms with Crippen LogP contribution in [0.1, 0.15) is 19.3 Å². The Hall–Kier alpha value is -0.970. The van der Waals surface area contributed by atoms with E-state index in [1.54, 1.807) is 17.2 Å². The summed E-state index contributed by atoms with van der Waals surface area (Å²) in [4.78, 5) is 0. The molecule has 5 heteroatoms. The highest BCUT2D eigenvalue weighted by Gasteiger charge is 2.30. The first-order valence-corrected chi connectivity index (χ1v) is 5.01.